The van der Waals surface area contributed by atoms with E-state index >= 15 is 0 Å². The van der Waals surface area contributed by atoms with Gasteiger partial charge in [0.15, 0.2) is 0 Å². The molecule has 100 heavy (non-hydrogen) atoms. The lowest BCUT2D eigenvalue weighted by Crippen LogP contribution is -2.17. The molecule has 466 valence electrons. The zero-order chi connectivity index (χ0) is 65.8. The standard InChI is InChI=1S/C80H46N20/c1-9-47-31-81-39-89-73(47)59(17-1)97(60-18-2-10-48-32-82-40-90-74(48)60)67-29-68(98(61-19-3-11-49-33-83-41-91-75(49)61)62-20-4-12-50-34-84-42-92-76(50)62)56-27-28-58-70(100(65-23-7-15-53-37-87-45-95-79(53)65)66-24-8-16-54-38-88-46-96-80(54)66)30-69(57-26-25-55(67)71(56)72(57)58)99(63-21-5-13-51-35-85-43-93-77(51)63)64-22-6-14-52-36-86-44-94-78(52)64/h1-46H. The van der Waals surface area contributed by atoms with Gasteiger partial charge in [0.1, 0.15) is 50.6 Å². The summed E-state index contributed by atoms with van der Waals surface area (Å²) in [6.07, 6.45) is 27.6. The van der Waals surface area contributed by atoms with Gasteiger partial charge in [0.2, 0.25) is 0 Å². The van der Waals surface area contributed by atoms with Crippen molar-refractivity contribution in [1.82, 2.24) is 79.7 Å². The molecule has 8 heterocycles. The minimum atomic E-state index is 0.718. The second-order valence-electron chi connectivity index (χ2n) is 24.1. The van der Waals surface area contributed by atoms with E-state index in [0.29, 0.717) is 0 Å². The molecule has 20 rings (SSSR count). The Hall–Kier alpha value is -14.4. The first kappa shape index (κ1) is 56.0. The maximum atomic E-state index is 5.11. The highest BCUT2D eigenvalue weighted by atomic mass is 15.2. The van der Waals surface area contributed by atoms with Crippen molar-refractivity contribution in [2.45, 2.75) is 0 Å². The van der Waals surface area contributed by atoms with Crippen molar-refractivity contribution in [3.05, 3.63) is 282 Å². The predicted octanol–water partition coefficient (Wildman–Crippen LogP) is 18.0. The Balaban J connectivity index is 1.03. The molecular weight excluding hydrogens is 1240 g/mol. The zero-order valence-electron chi connectivity index (χ0n) is 52.5. The summed E-state index contributed by atoms with van der Waals surface area (Å²) in [4.78, 5) is 86.5. The van der Waals surface area contributed by atoms with Gasteiger partial charge in [-0.1, -0.05) is 121 Å². The van der Waals surface area contributed by atoms with Crippen molar-refractivity contribution in [3.63, 3.8) is 0 Å². The number of aromatic nitrogens is 16. The average Bonchev–Trinajstić information content (AvgIpc) is 0.696. The van der Waals surface area contributed by atoms with Crippen LogP contribution in [-0.4, -0.2) is 79.7 Å². The topological polar surface area (TPSA) is 219 Å². The van der Waals surface area contributed by atoms with Crippen LogP contribution in [0.25, 0.3) is 120 Å². The van der Waals surface area contributed by atoms with Gasteiger partial charge in [0.05, 0.1) is 112 Å². The lowest BCUT2D eigenvalue weighted by atomic mass is 9.88. The van der Waals surface area contributed by atoms with E-state index in [4.69, 9.17) is 39.9 Å². The highest BCUT2D eigenvalue weighted by Gasteiger charge is 2.33. The summed E-state index contributed by atoms with van der Waals surface area (Å²) in [6.45, 7) is 0. The molecule has 0 amide bonds. The number of anilines is 12. The van der Waals surface area contributed by atoms with E-state index in [0.717, 1.165) is 188 Å². The first-order chi connectivity index (χ1) is 49.7. The number of benzene rings is 12. The summed E-state index contributed by atoms with van der Waals surface area (Å²) in [5.74, 6) is 0. The van der Waals surface area contributed by atoms with Crippen LogP contribution in [0.3, 0.4) is 0 Å². The number of fused-ring (bicyclic) bond motifs is 8. The molecule has 0 saturated heterocycles. The molecule has 8 aromatic heterocycles. The molecule has 0 aliphatic carbocycles. The Morgan fingerprint density at radius 3 is 0.490 bits per heavy atom. The Morgan fingerprint density at radius 1 is 0.170 bits per heavy atom. The minimum Gasteiger partial charge on any atom is -0.305 e. The predicted molar refractivity (Wildman–Crippen MR) is 394 cm³/mol. The monoisotopic (exact) mass is 1290 g/mol. The molecule has 20 heteroatoms. The molecule has 0 fully saturated rings. The van der Waals surface area contributed by atoms with Crippen LogP contribution in [0, 0.1) is 0 Å². The van der Waals surface area contributed by atoms with Crippen LogP contribution in [0.4, 0.5) is 68.2 Å². The Kier molecular flexibility index (Phi) is 12.7. The van der Waals surface area contributed by atoms with Crippen LogP contribution >= 0.6 is 0 Å². The SMILES string of the molecule is c1cc(N(c2cc(N(c3cccc4cncnc34)c3cccc4cncnc34)c3ccc4c(N(c5cccc6cncnc56)c5cccc6cncnc56)cc(N(c5cccc6cncnc56)c5cccc6cncnc56)c5ccc2c3c54)c2cccc3cncnc23)c2ncncc2c1. The van der Waals surface area contributed by atoms with Crippen molar-refractivity contribution in [2.24, 2.45) is 0 Å². The number of hydrogen-bond acceptors (Lipinski definition) is 20. The number of para-hydroxylation sites is 8. The van der Waals surface area contributed by atoms with Crippen LogP contribution < -0.4 is 19.6 Å². The molecular formula is C80H46N20. The molecule has 20 nitrogen and oxygen atoms in total. The lowest BCUT2D eigenvalue weighted by Gasteiger charge is -2.35. The average molecular weight is 1290 g/mol. The molecule has 0 aliphatic heterocycles. The first-order valence-electron chi connectivity index (χ1n) is 32.2. The van der Waals surface area contributed by atoms with Crippen molar-refractivity contribution >= 4 is 188 Å². The summed E-state index contributed by atoms with van der Waals surface area (Å²) in [6, 6.07) is 63.3. The molecule has 0 atom stereocenters. The first-order valence-corrected chi connectivity index (χ1v) is 32.2. The fraction of sp³-hybridized carbons (Fsp3) is 0. The van der Waals surface area contributed by atoms with Crippen LogP contribution in [0.15, 0.2) is 282 Å². The van der Waals surface area contributed by atoms with Gasteiger partial charge in [0, 0.05) is 125 Å². The third-order valence-electron chi connectivity index (χ3n) is 18.8. The number of rotatable bonds is 12. The maximum Gasteiger partial charge on any atom is 0.116 e. The lowest BCUT2D eigenvalue weighted by molar-refractivity contribution is 1.19. The van der Waals surface area contributed by atoms with Crippen molar-refractivity contribution in [3.8, 4) is 0 Å². The van der Waals surface area contributed by atoms with E-state index < -0.39 is 0 Å². The Bertz CT molecular complexity index is 5560. The molecule has 0 saturated carbocycles. The van der Waals surface area contributed by atoms with Gasteiger partial charge in [0.25, 0.3) is 0 Å². The van der Waals surface area contributed by atoms with Crippen LogP contribution in [0.5, 0.6) is 0 Å². The molecule has 12 aromatic carbocycles. The summed E-state index contributed by atoms with van der Waals surface area (Å²) >= 11 is 0. The van der Waals surface area contributed by atoms with Gasteiger partial charge < -0.3 is 19.6 Å². The van der Waals surface area contributed by atoms with Gasteiger partial charge in [-0.05, 0) is 60.7 Å². The maximum absolute atomic E-state index is 5.11. The zero-order valence-corrected chi connectivity index (χ0v) is 52.5. The highest BCUT2D eigenvalue weighted by Crippen LogP contribution is 2.57. The van der Waals surface area contributed by atoms with Gasteiger partial charge >= 0.3 is 0 Å². The van der Waals surface area contributed by atoms with Crippen molar-refractivity contribution < 1.29 is 0 Å². The summed E-state index contributed by atoms with van der Waals surface area (Å²) < 4.78 is 0. The van der Waals surface area contributed by atoms with Gasteiger partial charge in [-0.15, -0.1) is 0 Å². The van der Waals surface area contributed by atoms with E-state index in [1.54, 1.807) is 50.6 Å². The summed E-state index contributed by atoms with van der Waals surface area (Å²) in [5.41, 5.74) is 15.1. The molecule has 0 bridgehead atoms. The fourth-order valence-electron chi connectivity index (χ4n) is 14.6. The van der Waals surface area contributed by atoms with Crippen LogP contribution in [-0.2, 0) is 0 Å². The van der Waals surface area contributed by atoms with Crippen molar-refractivity contribution in [2.75, 3.05) is 19.6 Å². The Labute approximate surface area is 566 Å². The molecule has 0 spiro atoms. The number of nitrogens with zero attached hydrogens (tertiary/aromatic N) is 20. The van der Waals surface area contributed by atoms with E-state index in [9.17, 15) is 0 Å². The smallest absolute Gasteiger partial charge is 0.116 e. The minimum absolute atomic E-state index is 0.718. The third-order valence-corrected chi connectivity index (χ3v) is 18.8. The van der Waals surface area contributed by atoms with Gasteiger partial charge in [-0.2, -0.15) is 0 Å². The quantitative estimate of drug-likeness (QED) is 0.104. The summed E-state index contributed by atoms with van der Waals surface area (Å²) in [5, 5.41) is 12.1. The molecule has 0 unspecified atom stereocenters. The van der Waals surface area contributed by atoms with E-state index in [1.807, 2.05) is 98.1 Å². The second-order valence-corrected chi connectivity index (χ2v) is 24.1. The van der Waals surface area contributed by atoms with E-state index in [-0.39, 0.29) is 0 Å². The Morgan fingerprint density at radius 2 is 0.330 bits per heavy atom. The molecule has 0 N–H and O–H groups in total. The largest absolute Gasteiger partial charge is 0.305 e. The second kappa shape index (κ2) is 22.6. The van der Waals surface area contributed by atoms with Gasteiger partial charge in [-0.3, -0.25) is 0 Å². The molecule has 0 aliphatic rings. The summed E-state index contributed by atoms with van der Waals surface area (Å²) in [7, 11) is 0. The third kappa shape index (κ3) is 8.73. The number of hydrogen-bond donors (Lipinski definition) is 0. The molecule has 0 radical (unpaired) electrons. The van der Waals surface area contributed by atoms with Crippen LogP contribution in [0.1, 0.15) is 0 Å². The van der Waals surface area contributed by atoms with Crippen molar-refractivity contribution in [1.29, 1.82) is 0 Å². The highest BCUT2D eigenvalue weighted by molar-refractivity contribution is 6.34. The van der Waals surface area contributed by atoms with E-state index in [2.05, 4.69) is 193 Å². The fourth-order valence-corrected chi connectivity index (χ4v) is 14.6. The normalized spacial score (nSPS) is 11.8. The van der Waals surface area contributed by atoms with Gasteiger partial charge in [-0.25, -0.2) is 79.7 Å². The molecule has 20 aromatic rings. The van der Waals surface area contributed by atoms with Crippen LogP contribution in [0.2, 0.25) is 0 Å². The van der Waals surface area contributed by atoms with E-state index in [1.165, 1.54) is 0 Å².